The van der Waals surface area contributed by atoms with Gasteiger partial charge in [0.1, 0.15) is 17.2 Å². The van der Waals surface area contributed by atoms with E-state index >= 15 is 0 Å². The van der Waals surface area contributed by atoms with Crippen LogP contribution in [0.4, 0.5) is 14.6 Å². The molecule has 156 valence electrons. The van der Waals surface area contributed by atoms with E-state index in [0.717, 1.165) is 17.5 Å². The average Bonchev–Trinajstić information content (AvgIpc) is 3.17. The van der Waals surface area contributed by atoms with Crippen LogP contribution < -0.4 is 5.32 Å². The molecule has 0 bridgehead atoms. The molecule has 0 aliphatic heterocycles. The third-order valence-electron chi connectivity index (χ3n) is 4.47. The molecule has 0 atom stereocenters. The van der Waals surface area contributed by atoms with E-state index in [1.807, 2.05) is 24.3 Å². The van der Waals surface area contributed by atoms with Gasteiger partial charge in [-0.3, -0.25) is 4.79 Å². The second-order valence-electron chi connectivity index (χ2n) is 6.48. The lowest BCUT2D eigenvalue weighted by Crippen LogP contribution is -2.19. The highest BCUT2D eigenvalue weighted by atomic mass is 19.1. The van der Waals surface area contributed by atoms with Crippen molar-refractivity contribution in [2.45, 2.75) is 6.92 Å². The summed E-state index contributed by atoms with van der Waals surface area (Å²) in [5.74, 6) is -3.18. The fourth-order valence-electron chi connectivity index (χ4n) is 3.02. The number of fused-ring (bicyclic) bond motifs is 1. The molecule has 0 spiro atoms. The number of pyridine rings is 1. The number of hydrogen-bond acceptors (Lipinski definition) is 5. The van der Waals surface area contributed by atoms with Crippen LogP contribution >= 0.6 is 0 Å². The van der Waals surface area contributed by atoms with Crippen molar-refractivity contribution in [3.63, 3.8) is 0 Å². The normalized spacial score (nSPS) is 10.8. The number of rotatable bonds is 5. The van der Waals surface area contributed by atoms with Crippen LogP contribution in [0.5, 0.6) is 0 Å². The first-order chi connectivity index (χ1) is 15.0. The van der Waals surface area contributed by atoms with Gasteiger partial charge in [-0.25, -0.2) is 18.6 Å². The predicted molar refractivity (Wildman–Crippen MR) is 109 cm³/mol. The molecule has 7 nitrogen and oxygen atoms in total. The number of carbonyl (C=O) groups is 2. The summed E-state index contributed by atoms with van der Waals surface area (Å²) < 4.78 is 33.6. The Morgan fingerprint density at radius 1 is 1.06 bits per heavy atom. The molecule has 1 amide bonds. The molecule has 0 saturated heterocycles. The summed E-state index contributed by atoms with van der Waals surface area (Å²) in [4.78, 5) is 29.6. The summed E-state index contributed by atoms with van der Waals surface area (Å²) in [6.07, 6.45) is 1.23. The molecule has 2 aromatic heterocycles. The van der Waals surface area contributed by atoms with Crippen LogP contribution in [-0.4, -0.2) is 33.2 Å². The van der Waals surface area contributed by atoms with Gasteiger partial charge in [-0.1, -0.05) is 18.2 Å². The Morgan fingerprint density at radius 2 is 1.87 bits per heavy atom. The quantitative estimate of drug-likeness (QED) is 0.489. The lowest BCUT2D eigenvalue weighted by atomic mass is 10.2. The van der Waals surface area contributed by atoms with Crippen molar-refractivity contribution in [3.8, 4) is 5.82 Å². The Balaban J connectivity index is 1.79. The van der Waals surface area contributed by atoms with E-state index < -0.39 is 29.1 Å². The standard InChI is InChI=1S/C22H16F2N4O3/c1-2-31-22(30)16-12-25-28(19-10-7-13-5-3-4-6-18(13)26-19)20(16)27-21(29)15-9-8-14(23)11-17(15)24/h3-12H,2H2,1H3,(H,27,29). The average molecular weight is 422 g/mol. The van der Waals surface area contributed by atoms with Gasteiger partial charge in [0.2, 0.25) is 0 Å². The van der Waals surface area contributed by atoms with Crippen molar-refractivity contribution >= 4 is 28.6 Å². The summed E-state index contributed by atoms with van der Waals surface area (Å²) in [7, 11) is 0. The lowest BCUT2D eigenvalue weighted by molar-refractivity contribution is 0.0527. The number of aromatic nitrogens is 3. The molecule has 31 heavy (non-hydrogen) atoms. The third kappa shape index (κ3) is 3.97. The molecule has 0 aliphatic carbocycles. The van der Waals surface area contributed by atoms with E-state index in [1.165, 1.54) is 10.9 Å². The van der Waals surface area contributed by atoms with Gasteiger partial charge in [-0.05, 0) is 37.3 Å². The van der Waals surface area contributed by atoms with Gasteiger partial charge in [-0.15, -0.1) is 0 Å². The summed E-state index contributed by atoms with van der Waals surface area (Å²) >= 11 is 0. The van der Waals surface area contributed by atoms with Gasteiger partial charge in [0, 0.05) is 11.5 Å². The number of ether oxygens (including phenoxy) is 1. The molecule has 0 aliphatic rings. The van der Waals surface area contributed by atoms with E-state index in [0.29, 0.717) is 17.4 Å². The van der Waals surface area contributed by atoms with E-state index in [9.17, 15) is 18.4 Å². The third-order valence-corrected chi connectivity index (χ3v) is 4.47. The zero-order valence-electron chi connectivity index (χ0n) is 16.3. The van der Waals surface area contributed by atoms with E-state index in [-0.39, 0.29) is 18.0 Å². The number of nitrogens with one attached hydrogen (secondary N) is 1. The van der Waals surface area contributed by atoms with Crippen molar-refractivity contribution < 1.29 is 23.1 Å². The molecular weight excluding hydrogens is 406 g/mol. The molecule has 1 N–H and O–H groups in total. The maximum atomic E-state index is 14.1. The van der Waals surface area contributed by atoms with E-state index in [4.69, 9.17) is 4.74 Å². The topological polar surface area (TPSA) is 86.1 Å². The van der Waals surface area contributed by atoms with Crippen LogP contribution in [0.25, 0.3) is 16.7 Å². The van der Waals surface area contributed by atoms with Crippen molar-refractivity contribution in [2.75, 3.05) is 11.9 Å². The van der Waals surface area contributed by atoms with Crippen molar-refractivity contribution in [1.29, 1.82) is 0 Å². The second-order valence-corrected chi connectivity index (χ2v) is 6.48. The number of carbonyl (C=O) groups excluding carboxylic acids is 2. The Labute approximate surface area is 175 Å². The zero-order chi connectivity index (χ0) is 22.0. The predicted octanol–water partition coefficient (Wildman–Crippen LogP) is 4.13. The van der Waals surface area contributed by atoms with Gasteiger partial charge in [0.05, 0.1) is 23.9 Å². The molecule has 2 heterocycles. The first-order valence-electron chi connectivity index (χ1n) is 9.35. The Bertz CT molecular complexity index is 1300. The highest BCUT2D eigenvalue weighted by Crippen LogP contribution is 2.23. The first kappa shape index (κ1) is 20.1. The minimum absolute atomic E-state index is 0.0346. The van der Waals surface area contributed by atoms with Gasteiger partial charge in [0.25, 0.3) is 5.91 Å². The number of esters is 1. The number of anilines is 1. The van der Waals surface area contributed by atoms with Crippen LogP contribution in [0.15, 0.2) is 60.8 Å². The number of amides is 1. The number of benzene rings is 2. The first-order valence-corrected chi connectivity index (χ1v) is 9.35. The van der Waals surface area contributed by atoms with Crippen LogP contribution in [-0.2, 0) is 4.74 Å². The second kappa shape index (κ2) is 8.31. The molecule has 2 aromatic carbocycles. The van der Waals surface area contributed by atoms with E-state index in [1.54, 1.807) is 19.1 Å². The Kier molecular flexibility index (Phi) is 5.40. The van der Waals surface area contributed by atoms with Crippen LogP contribution in [0.2, 0.25) is 0 Å². The van der Waals surface area contributed by atoms with Crippen molar-refractivity contribution in [1.82, 2.24) is 14.8 Å². The smallest absolute Gasteiger partial charge is 0.343 e. The SMILES string of the molecule is CCOC(=O)c1cnn(-c2ccc3ccccc3n2)c1NC(=O)c1ccc(F)cc1F. The maximum Gasteiger partial charge on any atom is 0.343 e. The van der Waals surface area contributed by atoms with Crippen LogP contribution in [0.1, 0.15) is 27.6 Å². The number of nitrogens with zero attached hydrogens (tertiary/aromatic N) is 3. The van der Waals surface area contributed by atoms with Gasteiger partial charge in [-0.2, -0.15) is 9.78 Å². The van der Waals surface area contributed by atoms with Crippen molar-refractivity contribution in [2.24, 2.45) is 0 Å². The molecule has 9 heteroatoms. The van der Waals surface area contributed by atoms with E-state index in [2.05, 4.69) is 15.4 Å². The minimum Gasteiger partial charge on any atom is -0.462 e. The fourth-order valence-corrected chi connectivity index (χ4v) is 3.02. The van der Waals surface area contributed by atoms with Crippen LogP contribution in [0.3, 0.4) is 0 Å². The molecule has 0 fully saturated rings. The monoisotopic (exact) mass is 422 g/mol. The molecular formula is C22H16F2N4O3. The number of para-hydroxylation sites is 1. The zero-order valence-corrected chi connectivity index (χ0v) is 16.3. The molecule has 4 aromatic rings. The van der Waals surface area contributed by atoms with Gasteiger partial charge < -0.3 is 10.1 Å². The minimum atomic E-state index is -1.04. The molecule has 4 rings (SSSR count). The lowest BCUT2D eigenvalue weighted by Gasteiger charge is -2.11. The Hall–Kier alpha value is -4.14. The van der Waals surface area contributed by atoms with Gasteiger partial charge >= 0.3 is 5.97 Å². The number of halogens is 2. The Morgan fingerprint density at radius 3 is 2.65 bits per heavy atom. The molecule has 0 saturated carbocycles. The van der Waals surface area contributed by atoms with Gasteiger partial charge in [0.15, 0.2) is 11.6 Å². The maximum absolute atomic E-state index is 14.1. The summed E-state index contributed by atoms with van der Waals surface area (Å²) in [6, 6.07) is 13.5. The summed E-state index contributed by atoms with van der Waals surface area (Å²) in [6.45, 7) is 1.75. The fraction of sp³-hybridized carbons (Fsp3) is 0.0909. The highest BCUT2D eigenvalue weighted by molar-refractivity contribution is 6.07. The highest BCUT2D eigenvalue weighted by Gasteiger charge is 2.24. The largest absolute Gasteiger partial charge is 0.462 e. The summed E-state index contributed by atoms with van der Waals surface area (Å²) in [5, 5.41) is 7.54. The van der Waals surface area contributed by atoms with Crippen LogP contribution in [0, 0.1) is 11.6 Å². The van der Waals surface area contributed by atoms with Crippen molar-refractivity contribution in [3.05, 3.63) is 83.6 Å². The molecule has 0 radical (unpaired) electrons. The molecule has 0 unspecified atom stereocenters. The summed E-state index contributed by atoms with van der Waals surface area (Å²) in [5.41, 5.74) is 0.248. The number of hydrogen-bond donors (Lipinski definition) is 1.